The van der Waals surface area contributed by atoms with Gasteiger partial charge < -0.3 is 14.5 Å². The number of aryl methyl sites for hydroxylation is 1. The molecule has 232 valence electrons. The van der Waals surface area contributed by atoms with E-state index >= 15 is 0 Å². The Balaban J connectivity index is 1.69. The second-order valence-corrected chi connectivity index (χ2v) is 14.0. The minimum atomic E-state index is -0.586. The number of halogens is 1. The first kappa shape index (κ1) is 31.2. The molecule has 43 heavy (non-hydrogen) atoms. The molecule has 0 radical (unpaired) electrons. The van der Waals surface area contributed by atoms with Crippen LogP contribution in [0.4, 0.5) is 10.6 Å². The van der Waals surface area contributed by atoms with E-state index in [1.165, 1.54) is 6.42 Å². The number of piperazine rings is 1. The van der Waals surface area contributed by atoms with Crippen LogP contribution in [0.15, 0.2) is 23.1 Å². The number of carbonyl (C=O) groups is 1. The van der Waals surface area contributed by atoms with Crippen LogP contribution in [0.1, 0.15) is 109 Å². The highest BCUT2D eigenvalue weighted by Crippen LogP contribution is 2.39. The van der Waals surface area contributed by atoms with Crippen LogP contribution in [0.25, 0.3) is 16.7 Å². The van der Waals surface area contributed by atoms with E-state index in [2.05, 4.69) is 23.7 Å². The summed E-state index contributed by atoms with van der Waals surface area (Å²) in [5.74, 6) is 0.877. The average molecular weight is 609 g/mol. The van der Waals surface area contributed by atoms with Gasteiger partial charge in [-0.15, -0.1) is 0 Å². The molecular formula is C33H45ClN6O3. The first-order valence-corrected chi connectivity index (χ1v) is 16.0. The molecule has 1 amide bonds. The van der Waals surface area contributed by atoms with Gasteiger partial charge in [-0.25, -0.2) is 19.1 Å². The fourth-order valence-corrected chi connectivity index (χ4v) is 6.79. The lowest BCUT2D eigenvalue weighted by molar-refractivity contribution is 0.0130. The van der Waals surface area contributed by atoms with Crippen LogP contribution in [0.5, 0.6) is 0 Å². The smallest absolute Gasteiger partial charge is 0.410 e. The number of carbonyl (C=O) groups excluding carboxylic acids is 1. The van der Waals surface area contributed by atoms with E-state index in [-0.39, 0.29) is 30.0 Å². The molecule has 0 unspecified atom stereocenters. The number of hydrogen-bond donors (Lipinski definition) is 0. The molecule has 2 atom stereocenters. The van der Waals surface area contributed by atoms with Crippen molar-refractivity contribution in [1.29, 1.82) is 0 Å². The lowest BCUT2D eigenvalue weighted by atomic mass is 9.86. The Morgan fingerprint density at radius 2 is 1.77 bits per heavy atom. The summed E-state index contributed by atoms with van der Waals surface area (Å²) in [7, 11) is 0. The summed E-state index contributed by atoms with van der Waals surface area (Å²) in [5.41, 5.74) is 2.89. The summed E-state index contributed by atoms with van der Waals surface area (Å²) in [5, 5.41) is 1.32. The molecule has 1 aliphatic carbocycles. The molecule has 0 aromatic carbocycles. The fraction of sp³-hybridized carbons (Fsp3) is 0.606. The summed E-state index contributed by atoms with van der Waals surface area (Å²) in [6.07, 6.45) is 7.02. The Kier molecular flexibility index (Phi) is 8.76. The molecule has 1 saturated heterocycles. The SMILES string of the molecule is Cc1ccnc(C(C)C)c1-n1c(=O)nc(N2C[C@@H](C)N(C(=O)OC(C)(C)C)C[C@@H]2C)c2cc(Cl)c(C3CCCCC3)nc21. The summed E-state index contributed by atoms with van der Waals surface area (Å²) in [4.78, 5) is 45.6. The Labute approximate surface area is 259 Å². The van der Waals surface area contributed by atoms with E-state index in [1.54, 1.807) is 15.7 Å². The largest absolute Gasteiger partial charge is 0.444 e. The molecule has 1 aliphatic heterocycles. The normalized spacial score (nSPS) is 20.2. The Morgan fingerprint density at radius 1 is 1.07 bits per heavy atom. The summed E-state index contributed by atoms with van der Waals surface area (Å²) >= 11 is 7.01. The van der Waals surface area contributed by atoms with E-state index in [1.807, 2.05) is 53.7 Å². The van der Waals surface area contributed by atoms with Crippen molar-refractivity contribution in [3.63, 3.8) is 0 Å². The van der Waals surface area contributed by atoms with E-state index < -0.39 is 11.3 Å². The number of aromatic nitrogens is 4. The summed E-state index contributed by atoms with van der Waals surface area (Å²) < 4.78 is 7.33. The molecule has 0 bridgehead atoms. The second kappa shape index (κ2) is 12.1. The van der Waals surface area contributed by atoms with Crippen LogP contribution in [-0.2, 0) is 4.74 Å². The number of hydrogen-bond acceptors (Lipinski definition) is 7. The van der Waals surface area contributed by atoms with Crippen molar-refractivity contribution in [2.45, 2.75) is 117 Å². The summed E-state index contributed by atoms with van der Waals surface area (Å²) in [6.45, 7) is 16.7. The van der Waals surface area contributed by atoms with Crippen molar-refractivity contribution >= 4 is 34.5 Å². The molecule has 0 spiro atoms. The maximum atomic E-state index is 14.2. The molecule has 2 aliphatic rings. The van der Waals surface area contributed by atoms with Gasteiger partial charge in [-0.3, -0.25) is 4.98 Å². The van der Waals surface area contributed by atoms with Crippen molar-refractivity contribution in [3.8, 4) is 5.69 Å². The molecule has 3 aromatic rings. The summed E-state index contributed by atoms with van der Waals surface area (Å²) in [6, 6.07) is 3.58. The minimum absolute atomic E-state index is 0.0865. The average Bonchev–Trinajstić information content (AvgIpc) is 2.93. The maximum Gasteiger partial charge on any atom is 0.410 e. The quantitative estimate of drug-likeness (QED) is 0.311. The van der Waals surface area contributed by atoms with Gasteiger partial charge in [0.05, 0.1) is 27.5 Å². The molecule has 2 fully saturated rings. The molecule has 3 aromatic heterocycles. The number of anilines is 1. The van der Waals surface area contributed by atoms with Gasteiger partial charge in [-0.05, 0) is 78.0 Å². The van der Waals surface area contributed by atoms with Crippen LogP contribution in [0.3, 0.4) is 0 Å². The number of ether oxygens (including phenoxy) is 1. The molecule has 0 N–H and O–H groups in total. The standard InChI is InChI=1S/C33H45ClN6O3/c1-19(2)26-28(20(3)14-15-35-26)40-30-24(16-25(34)27(36-30)23-12-10-9-11-13-23)29(37-31(40)41)38-17-22(5)39(18-21(38)4)32(42)43-33(6,7)8/h14-16,19,21-23H,9-13,17-18H2,1-8H3/t21-,22+/m0/s1. The third-order valence-corrected chi connectivity index (χ3v) is 8.93. The Hall–Kier alpha value is -3.20. The Bertz CT molecular complexity index is 1570. The lowest BCUT2D eigenvalue weighted by Gasteiger charge is -2.44. The molecule has 1 saturated carbocycles. The predicted octanol–water partition coefficient (Wildman–Crippen LogP) is 7.14. The van der Waals surface area contributed by atoms with E-state index in [9.17, 15) is 9.59 Å². The number of fused-ring (bicyclic) bond motifs is 1. The first-order chi connectivity index (χ1) is 20.3. The minimum Gasteiger partial charge on any atom is -0.444 e. The number of pyridine rings is 2. The van der Waals surface area contributed by atoms with Crippen molar-refractivity contribution in [2.75, 3.05) is 18.0 Å². The van der Waals surface area contributed by atoms with Crippen molar-refractivity contribution in [3.05, 3.63) is 50.8 Å². The molecule has 4 heterocycles. The topological polar surface area (TPSA) is 93.5 Å². The van der Waals surface area contributed by atoms with Crippen molar-refractivity contribution in [2.24, 2.45) is 0 Å². The van der Waals surface area contributed by atoms with Gasteiger partial charge in [0.25, 0.3) is 0 Å². The predicted molar refractivity (Wildman–Crippen MR) is 172 cm³/mol. The van der Waals surface area contributed by atoms with E-state index in [4.69, 9.17) is 26.3 Å². The van der Waals surface area contributed by atoms with Crippen LogP contribution >= 0.6 is 11.6 Å². The van der Waals surface area contributed by atoms with Gasteiger partial charge in [0.2, 0.25) is 0 Å². The second-order valence-electron chi connectivity index (χ2n) is 13.6. The van der Waals surface area contributed by atoms with E-state index in [0.717, 1.165) is 48.3 Å². The molecule has 5 rings (SSSR count). The third-order valence-electron chi connectivity index (χ3n) is 8.63. The van der Waals surface area contributed by atoms with Crippen molar-refractivity contribution in [1.82, 2.24) is 24.4 Å². The highest BCUT2D eigenvalue weighted by Gasteiger charge is 2.37. The first-order valence-electron chi connectivity index (χ1n) is 15.6. The zero-order valence-electron chi connectivity index (χ0n) is 26.8. The fourth-order valence-electron chi connectivity index (χ4n) is 6.48. The molecular weight excluding hydrogens is 564 g/mol. The van der Waals surface area contributed by atoms with Crippen LogP contribution in [-0.4, -0.2) is 61.3 Å². The van der Waals surface area contributed by atoms with Crippen LogP contribution in [0, 0.1) is 6.92 Å². The number of rotatable bonds is 4. The number of amides is 1. The highest BCUT2D eigenvalue weighted by molar-refractivity contribution is 6.32. The zero-order valence-corrected chi connectivity index (χ0v) is 27.5. The monoisotopic (exact) mass is 608 g/mol. The van der Waals surface area contributed by atoms with Gasteiger partial charge >= 0.3 is 11.8 Å². The van der Waals surface area contributed by atoms with Gasteiger partial charge in [0.1, 0.15) is 11.4 Å². The lowest BCUT2D eigenvalue weighted by Crippen LogP contribution is -2.59. The maximum absolute atomic E-state index is 14.2. The van der Waals surface area contributed by atoms with Gasteiger partial charge in [0, 0.05) is 37.3 Å². The van der Waals surface area contributed by atoms with Gasteiger partial charge in [0.15, 0.2) is 5.65 Å². The van der Waals surface area contributed by atoms with Crippen LogP contribution < -0.4 is 10.6 Å². The molecule has 10 heteroatoms. The Morgan fingerprint density at radius 3 is 2.42 bits per heavy atom. The zero-order chi connectivity index (χ0) is 31.2. The van der Waals surface area contributed by atoms with Crippen LogP contribution in [0.2, 0.25) is 5.02 Å². The van der Waals surface area contributed by atoms with E-state index in [0.29, 0.717) is 35.0 Å². The van der Waals surface area contributed by atoms with Gasteiger partial charge in [-0.1, -0.05) is 44.7 Å². The highest BCUT2D eigenvalue weighted by atomic mass is 35.5. The third kappa shape index (κ3) is 6.24. The van der Waals surface area contributed by atoms with Crippen molar-refractivity contribution < 1.29 is 9.53 Å². The molecule has 9 nitrogen and oxygen atoms in total. The number of nitrogens with zero attached hydrogens (tertiary/aromatic N) is 6. The van der Waals surface area contributed by atoms with Gasteiger partial charge in [-0.2, -0.15) is 4.98 Å².